The van der Waals surface area contributed by atoms with Gasteiger partial charge in [-0.1, -0.05) is 47.1 Å². The number of hydrogen-bond donors (Lipinski definition) is 0. The molecule has 29 heavy (non-hydrogen) atoms. The molecule has 0 aliphatic carbocycles. The van der Waals surface area contributed by atoms with Gasteiger partial charge >= 0.3 is 0 Å². The molecular formula is C24H20N2O3. The van der Waals surface area contributed by atoms with Crippen LogP contribution in [0, 0.1) is 6.92 Å². The number of carbonyl (C=O) groups excluding carboxylic acids is 1. The summed E-state index contributed by atoms with van der Waals surface area (Å²) in [5.41, 5.74) is 3.49. The number of carbonyl (C=O) groups is 1. The normalized spacial score (nSPS) is 10.7. The van der Waals surface area contributed by atoms with Crippen LogP contribution in [0.15, 0.2) is 83.5 Å². The lowest BCUT2D eigenvalue weighted by Crippen LogP contribution is -2.01. The minimum Gasteiger partial charge on any atom is -0.439 e. The highest BCUT2D eigenvalue weighted by Gasteiger charge is 2.11. The van der Waals surface area contributed by atoms with Gasteiger partial charge in [-0.25, -0.2) is 4.98 Å². The minimum atomic E-state index is -0.00253. The summed E-state index contributed by atoms with van der Waals surface area (Å²) < 4.78 is 11.0. The largest absolute Gasteiger partial charge is 0.439 e. The molecular weight excluding hydrogens is 364 g/mol. The van der Waals surface area contributed by atoms with Crippen molar-refractivity contribution in [3.8, 4) is 22.9 Å². The molecule has 2 aromatic heterocycles. The van der Waals surface area contributed by atoms with E-state index >= 15 is 0 Å². The van der Waals surface area contributed by atoms with Crippen molar-refractivity contribution < 1.29 is 14.1 Å². The second kappa shape index (κ2) is 8.52. The van der Waals surface area contributed by atoms with E-state index in [0.717, 1.165) is 16.8 Å². The number of para-hydroxylation sites is 1. The molecule has 0 aliphatic heterocycles. The molecule has 0 unspecified atom stereocenters. The highest BCUT2D eigenvalue weighted by Crippen LogP contribution is 2.22. The quantitative estimate of drug-likeness (QED) is 0.385. The number of rotatable bonds is 7. The maximum atomic E-state index is 12.5. The molecule has 4 rings (SSSR count). The van der Waals surface area contributed by atoms with Gasteiger partial charge < -0.3 is 9.26 Å². The van der Waals surface area contributed by atoms with Crippen LogP contribution in [-0.2, 0) is 6.42 Å². The van der Waals surface area contributed by atoms with Gasteiger partial charge in [0.05, 0.1) is 0 Å². The van der Waals surface area contributed by atoms with Crippen molar-refractivity contribution in [1.29, 1.82) is 0 Å². The molecule has 0 radical (unpaired) electrons. The Morgan fingerprint density at radius 3 is 2.62 bits per heavy atom. The Balaban J connectivity index is 1.35. The van der Waals surface area contributed by atoms with Crippen LogP contribution in [0.25, 0.3) is 11.3 Å². The third-order valence-corrected chi connectivity index (χ3v) is 4.50. The molecule has 0 amide bonds. The predicted molar refractivity (Wildman–Crippen MR) is 110 cm³/mol. The fourth-order valence-electron chi connectivity index (χ4n) is 2.97. The molecule has 0 saturated carbocycles. The molecule has 0 aliphatic rings. The summed E-state index contributed by atoms with van der Waals surface area (Å²) >= 11 is 0. The number of benzene rings is 2. The maximum Gasteiger partial charge on any atom is 0.219 e. The van der Waals surface area contributed by atoms with Crippen LogP contribution in [0.4, 0.5) is 0 Å². The first-order chi connectivity index (χ1) is 14.2. The van der Waals surface area contributed by atoms with Crippen LogP contribution < -0.4 is 4.74 Å². The van der Waals surface area contributed by atoms with Crippen LogP contribution >= 0.6 is 0 Å². The van der Waals surface area contributed by atoms with Crippen LogP contribution in [0.2, 0.25) is 0 Å². The summed E-state index contributed by atoms with van der Waals surface area (Å²) in [5.74, 6) is 1.84. The van der Waals surface area contributed by atoms with E-state index in [-0.39, 0.29) is 5.78 Å². The highest BCUT2D eigenvalue weighted by atomic mass is 16.5. The Labute approximate surface area is 169 Å². The zero-order valence-corrected chi connectivity index (χ0v) is 16.0. The Morgan fingerprint density at radius 1 is 1.00 bits per heavy atom. The molecule has 4 aromatic rings. The summed E-state index contributed by atoms with van der Waals surface area (Å²) in [5, 5.41) is 4.11. The van der Waals surface area contributed by atoms with E-state index in [2.05, 4.69) is 16.2 Å². The van der Waals surface area contributed by atoms with E-state index in [1.54, 1.807) is 18.3 Å². The van der Waals surface area contributed by atoms with Gasteiger partial charge in [-0.05, 0) is 31.2 Å². The van der Waals surface area contributed by atoms with Crippen LogP contribution in [0.1, 0.15) is 28.1 Å². The van der Waals surface area contributed by atoms with Gasteiger partial charge in [0.1, 0.15) is 17.2 Å². The molecule has 5 heteroatoms. The van der Waals surface area contributed by atoms with Crippen molar-refractivity contribution >= 4 is 5.78 Å². The zero-order chi connectivity index (χ0) is 20.1. The van der Waals surface area contributed by atoms with Crippen molar-refractivity contribution in [1.82, 2.24) is 10.1 Å². The predicted octanol–water partition coefficient (Wildman–Crippen LogP) is 5.65. The molecule has 2 aromatic carbocycles. The summed E-state index contributed by atoms with van der Waals surface area (Å²) in [6.45, 7) is 2.04. The third kappa shape index (κ3) is 4.76. The van der Waals surface area contributed by atoms with Crippen molar-refractivity contribution in [3.05, 3.63) is 95.9 Å². The van der Waals surface area contributed by atoms with Crippen molar-refractivity contribution in [2.24, 2.45) is 0 Å². The molecule has 5 nitrogen and oxygen atoms in total. The Hall–Kier alpha value is -3.73. The van der Waals surface area contributed by atoms with Crippen molar-refractivity contribution in [2.45, 2.75) is 19.8 Å². The van der Waals surface area contributed by atoms with Crippen LogP contribution in [-0.4, -0.2) is 15.9 Å². The fraction of sp³-hybridized carbons (Fsp3) is 0.125. The van der Waals surface area contributed by atoms with E-state index in [1.165, 1.54) is 0 Å². The molecule has 2 heterocycles. The molecule has 0 fully saturated rings. The lowest BCUT2D eigenvalue weighted by Gasteiger charge is -2.05. The first-order valence-corrected chi connectivity index (χ1v) is 9.42. The van der Waals surface area contributed by atoms with Gasteiger partial charge in [0, 0.05) is 42.3 Å². The molecule has 0 N–H and O–H groups in total. The molecule has 0 saturated heterocycles. The van der Waals surface area contributed by atoms with E-state index < -0.39 is 0 Å². The minimum absolute atomic E-state index is 0.00253. The van der Waals surface area contributed by atoms with Crippen LogP contribution in [0.5, 0.6) is 11.6 Å². The molecule has 0 bridgehead atoms. The van der Waals surface area contributed by atoms with Gasteiger partial charge in [0.25, 0.3) is 0 Å². The van der Waals surface area contributed by atoms with Crippen LogP contribution in [0.3, 0.4) is 0 Å². The van der Waals surface area contributed by atoms with Crippen molar-refractivity contribution in [3.63, 3.8) is 0 Å². The van der Waals surface area contributed by atoms with Gasteiger partial charge in [-0.2, -0.15) is 0 Å². The Morgan fingerprint density at radius 2 is 1.86 bits per heavy atom. The molecule has 144 valence electrons. The zero-order valence-electron chi connectivity index (χ0n) is 16.0. The highest BCUT2D eigenvalue weighted by molar-refractivity contribution is 5.95. The number of hydrogen-bond acceptors (Lipinski definition) is 5. The van der Waals surface area contributed by atoms with Gasteiger partial charge in [0.2, 0.25) is 5.88 Å². The smallest absolute Gasteiger partial charge is 0.219 e. The SMILES string of the molecule is Cc1cccc(-c2cc(CCC(=O)c3ccc(Oc4ccccc4)nc3)on2)c1. The molecule has 0 atom stereocenters. The number of nitrogens with zero attached hydrogens (tertiary/aromatic N) is 2. The lowest BCUT2D eigenvalue weighted by atomic mass is 10.1. The van der Waals surface area contributed by atoms with Gasteiger partial charge in [0.15, 0.2) is 5.78 Å². The number of aromatic nitrogens is 2. The summed E-state index contributed by atoms with van der Waals surface area (Å²) in [6, 6.07) is 22.8. The average Bonchev–Trinajstić information content (AvgIpc) is 3.22. The average molecular weight is 384 g/mol. The maximum absolute atomic E-state index is 12.5. The third-order valence-electron chi connectivity index (χ3n) is 4.50. The number of ketones is 1. The first-order valence-electron chi connectivity index (χ1n) is 9.42. The Bertz CT molecular complexity index is 1100. The van der Waals surface area contributed by atoms with E-state index in [0.29, 0.717) is 35.8 Å². The second-order valence-corrected chi connectivity index (χ2v) is 6.77. The number of ether oxygens (including phenoxy) is 1. The summed E-state index contributed by atoms with van der Waals surface area (Å²) in [4.78, 5) is 16.7. The van der Waals surface area contributed by atoms with E-state index in [9.17, 15) is 4.79 Å². The topological polar surface area (TPSA) is 65.2 Å². The first kappa shape index (κ1) is 18.6. The number of aryl methyl sites for hydroxylation is 2. The van der Waals surface area contributed by atoms with Gasteiger partial charge in [-0.3, -0.25) is 4.79 Å². The lowest BCUT2D eigenvalue weighted by molar-refractivity contribution is 0.0980. The standard InChI is InChI=1S/C24H20N2O3/c1-17-6-5-7-18(14-17)22-15-21(29-26-22)11-12-23(27)19-10-13-24(25-16-19)28-20-8-3-2-4-9-20/h2-10,13-16H,11-12H2,1H3. The number of pyridine rings is 1. The fourth-order valence-corrected chi connectivity index (χ4v) is 2.97. The number of Topliss-reactive ketones (excluding diaryl/α,β-unsaturated/α-hetero) is 1. The molecule has 0 spiro atoms. The van der Waals surface area contributed by atoms with E-state index in [4.69, 9.17) is 9.26 Å². The second-order valence-electron chi connectivity index (χ2n) is 6.77. The van der Waals surface area contributed by atoms with Gasteiger partial charge in [-0.15, -0.1) is 0 Å². The monoisotopic (exact) mass is 384 g/mol. The van der Waals surface area contributed by atoms with Crippen molar-refractivity contribution in [2.75, 3.05) is 0 Å². The Kier molecular flexibility index (Phi) is 5.47. The summed E-state index contributed by atoms with van der Waals surface area (Å²) in [6.07, 6.45) is 2.35. The summed E-state index contributed by atoms with van der Waals surface area (Å²) in [7, 11) is 0. The van der Waals surface area contributed by atoms with E-state index in [1.807, 2.05) is 61.5 Å².